The Bertz CT molecular complexity index is 3620. The lowest BCUT2D eigenvalue weighted by Crippen LogP contribution is -2.52. The first kappa shape index (κ1) is 79.0. The molecule has 22 nitrogen and oxygen atoms in total. The molecule has 6 aromatic rings. The summed E-state index contributed by atoms with van der Waals surface area (Å²) in [6.45, 7) is -6.42. The van der Waals surface area contributed by atoms with Gasteiger partial charge in [0.25, 0.3) is 0 Å². The molecule has 0 aliphatic heterocycles. The van der Waals surface area contributed by atoms with Crippen molar-refractivity contribution in [3.8, 4) is 0 Å². The molecule has 0 saturated carbocycles. The zero-order chi connectivity index (χ0) is 72.5. The van der Waals surface area contributed by atoms with Gasteiger partial charge in [-0.1, -0.05) is 72.8 Å². The Morgan fingerprint density at radius 2 is 0.470 bits per heavy atom. The average molecular weight is 1390 g/mol. The number of benzene rings is 6. The first-order chi connectivity index (χ1) is 48.0. The number of nitrogens with one attached hydrogen (secondary N) is 1. The average Bonchev–Trinajstić information content (AvgIpc) is 0.857. The van der Waals surface area contributed by atoms with E-state index in [1.807, 2.05) is 0 Å². The number of halogens is 6. The van der Waals surface area contributed by atoms with Crippen molar-refractivity contribution in [2.75, 3.05) is 98.2 Å². The minimum absolute atomic E-state index is 0.106. The van der Waals surface area contributed by atoms with Crippen molar-refractivity contribution in [1.29, 1.82) is 0 Å². The second-order valence-electron chi connectivity index (χ2n) is 24.0. The van der Waals surface area contributed by atoms with Gasteiger partial charge in [-0.3, -0.25) is 43.2 Å². The largest absolute Gasteiger partial charge is 0.368 e. The van der Waals surface area contributed by atoms with Crippen LogP contribution in [0.1, 0.15) is 71.9 Å². The number of rotatable bonds is 42. The fraction of sp³-hybridized carbons (Fsp3) is 0.375. The fourth-order valence-corrected chi connectivity index (χ4v) is 10.5. The van der Waals surface area contributed by atoms with Crippen LogP contribution in [0.25, 0.3) is 0 Å². The molecule has 9 amide bonds. The third-order valence-electron chi connectivity index (χ3n) is 16.0. The summed E-state index contributed by atoms with van der Waals surface area (Å²) < 4.78 is 85.4. The molecule has 0 bridgehead atoms. The first-order valence-corrected chi connectivity index (χ1v) is 32.8. The maximum atomic E-state index is 15.2. The van der Waals surface area contributed by atoms with Crippen molar-refractivity contribution in [3.63, 3.8) is 0 Å². The van der Waals surface area contributed by atoms with E-state index < -0.39 is 140 Å². The lowest BCUT2D eigenvalue weighted by molar-refractivity contribution is -0.149. The van der Waals surface area contributed by atoms with Crippen LogP contribution in [-0.2, 0) is 82.4 Å². The highest BCUT2D eigenvalue weighted by molar-refractivity contribution is 5.94. The zero-order valence-electron chi connectivity index (χ0n) is 55.8. The van der Waals surface area contributed by atoms with E-state index in [1.165, 1.54) is 94.7 Å². The van der Waals surface area contributed by atoms with Gasteiger partial charge >= 0.3 is 0 Å². The lowest BCUT2D eigenvalue weighted by Gasteiger charge is -2.33. The number of carbonyl (C=O) groups excluding carboxylic acids is 9. The van der Waals surface area contributed by atoms with Crippen LogP contribution in [0, 0.1) is 34.9 Å². The summed E-state index contributed by atoms with van der Waals surface area (Å²) >= 11 is 0. The number of unbranched alkanes of at least 4 members (excludes halogenated alkanes) is 3. The first-order valence-electron chi connectivity index (χ1n) is 32.8. The molecule has 9 N–H and O–H groups in total. The van der Waals surface area contributed by atoms with Gasteiger partial charge in [0.15, 0.2) is 0 Å². The molecule has 28 heteroatoms. The molecular formula is C72H87F6N13O9. The van der Waals surface area contributed by atoms with Crippen LogP contribution in [-0.4, -0.2) is 191 Å². The number of hydrogen-bond donors (Lipinski definition) is 5. The highest BCUT2D eigenvalue weighted by Crippen LogP contribution is 2.18. The summed E-state index contributed by atoms with van der Waals surface area (Å²) in [5.74, 6) is -10.5. The SMILES string of the molecule is NCCCCNCC(=O)N(CC(=O)N(CC(=O)N(CCCCN)CC(=O)N(CC(=O)N(CC(=O)N(CCCCN)CC(=O)N(CC(=O)N(CC(N)=O)Cc1ccc(F)cc1)Cc1ccc(F)cc1)Cc1ccc(F)cc1)Cc1ccc(F)cc1)Cc1ccc(F)cc1)Cc1ccc(F)cc1. The van der Waals surface area contributed by atoms with Gasteiger partial charge in [-0.05, 0) is 171 Å². The number of nitrogens with zero attached hydrogens (tertiary/aromatic N) is 8. The molecule has 0 atom stereocenters. The van der Waals surface area contributed by atoms with Crippen LogP contribution in [0.4, 0.5) is 26.3 Å². The van der Waals surface area contributed by atoms with Crippen molar-refractivity contribution in [2.45, 2.75) is 77.8 Å². The van der Waals surface area contributed by atoms with E-state index in [0.717, 1.165) is 90.1 Å². The van der Waals surface area contributed by atoms with Gasteiger partial charge < -0.3 is 67.5 Å². The van der Waals surface area contributed by atoms with Crippen LogP contribution in [0.3, 0.4) is 0 Å². The van der Waals surface area contributed by atoms with Crippen molar-refractivity contribution < 1.29 is 69.5 Å². The molecule has 0 fully saturated rings. The molecule has 0 unspecified atom stereocenters. The second-order valence-corrected chi connectivity index (χ2v) is 24.0. The van der Waals surface area contributed by atoms with E-state index in [4.69, 9.17) is 22.9 Å². The van der Waals surface area contributed by atoms with E-state index in [0.29, 0.717) is 72.2 Å². The third kappa shape index (κ3) is 27.7. The molecule has 0 heterocycles. The fourth-order valence-electron chi connectivity index (χ4n) is 10.5. The van der Waals surface area contributed by atoms with E-state index in [9.17, 15) is 59.9 Å². The molecule has 6 rings (SSSR count). The number of amides is 9. The molecule has 100 heavy (non-hydrogen) atoms. The maximum Gasteiger partial charge on any atom is 0.242 e. The lowest BCUT2D eigenvalue weighted by atomic mass is 10.1. The number of primary amides is 1. The standard InChI is InChI=1S/C72H87F6N13O9/c73-58-19-7-52(8-20-58)38-86(44-64(82)92)70(98)50-90(42-56-15-27-62(77)28-16-56)68(96)45-84(35-5-2-32-80)67(95)48-89(41-55-13-25-61(76)26-14-55)72(100)51-91(43-57-17-29-63(78)30-18-57)69(97)46-85(36-6-3-33-81)66(94)47-88(40-54-11-23-60(75)24-12-54)71(99)49-87(39-53-9-21-59(74)22-10-53)65(93)37-83-34-4-1-31-79/h7-30,83H,1-6,31-51,79-81H2,(H2,82,92). The van der Waals surface area contributed by atoms with Gasteiger partial charge in [0, 0.05) is 52.4 Å². The molecule has 0 spiro atoms. The molecule has 0 radical (unpaired) electrons. The highest BCUT2D eigenvalue weighted by Gasteiger charge is 2.32. The van der Waals surface area contributed by atoms with E-state index in [-0.39, 0.29) is 84.8 Å². The Morgan fingerprint density at radius 1 is 0.270 bits per heavy atom. The van der Waals surface area contributed by atoms with Crippen LogP contribution >= 0.6 is 0 Å². The monoisotopic (exact) mass is 1390 g/mol. The summed E-state index contributed by atoms with van der Waals surface area (Å²) in [6.07, 6.45) is 2.58. The number of hydrogen-bond acceptors (Lipinski definition) is 13. The minimum atomic E-state index is -0.898. The van der Waals surface area contributed by atoms with Gasteiger partial charge in [0.05, 0.1) is 26.2 Å². The Morgan fingerprint density at radius 3 is 0.700 bits per heavy atom. The van der Waals surface area contributed by atoms with Gasteiger partial charge in [0.1, 0.15) is 67.6 Å². The molecule has 6 aromatic carbocycles. The van der Waals surface area contributed by atoms with E-state index >= 15 is 9.59 Å². The van der Waals surface area contributed by atoms with Crippen LogP contribution < -0.4 is 28.3 Å². The normalized spacial score (nSPS) is 11.0. The Hall–Kier alpha value is -10.0. The smallest absolute Gasteiger partial charge is 0.242 e. The molecule has 0 aliphatic carbocycles. The topological polar surface area (TPSA) is 296 Å². The number of carbonyl (C=O) groups is 9. The molecule has 536 valence electrons. The van der Waals surface area contributed by atoms with Gasteiger partial charge in [0.2, 0.25) is 53.2 Å². The highest BCUT2D eigenvalue weighted by atomic mass is 19.1. The molecular weight excluding hydrogens is 1300 g/mol. The van der Waals surface area contributed by atoms with Crippen molar-refractivity contribution in [3.05, 3.63) is 214 Å². The predicted octanol–water partition coefficient (Wildman–Crippen LogP) is 4.94. The minimum Gasteiger partial charge on any atom is -0.368 e. The van der Waals surface area contributed by atoms with Crippen LogP contribution in [0.5, 0.6) is 0 Å². The third-order valence-corrected chi connectivity index (χ3v) is 16.0. The summed E-state index contributed by atoms with van der Waals surface area (Å²) in [6, 6.07) is 30.6. The Labute approximate surface area is 577 Å². The Balaban J connectivity index is 1.31. The van der Waals surface area contributed by atoms with Crippen molar-refractivity contribution in [1.82, 2.24) is 44.5 Å². The summed E-state index contributed by atoms with van der Waals surface area (Å²) in [7, 11) is 0. The zero-order valence-corrected chi connectivity index (χ0v) is 55.8. The summed E-state index contributed by atoms with van der Waals surface area (Å²) in [5, 5.41) is 3.05. The Kier molecular flexibility index (Phi) is 32.7. The van der Waals surface area contributed by atoms with Gasteiger partial charge in [-0.25, -0.2) is 26.3 Å². The van der Waals surface area contributed by atoms with E-state index in [2.05, 4.69) is 5.32 Å². The van der Waals surface area contributed by atoms with Crippen molar-refractivity contribution >= 4 is 53.2 Å². The summed E-state index contributed by atoms with van der Waals surface area (Å²) in [4.78, 5) is 139. The van der Waals surface area contributed by atoms with Crippen LogP contribution in [0.2, 0.25) is 0 Å². The van der Waals surface area contributed by atoms with Gasteiger partial charge in [-0.2, -0.15) is 0 Å². The van der Waals surface area contributed by atoms with E-state index in [1.54, 1.807) is 0 Å². The predicted molar refractivity (Wildman–Crippen MR) is 361 cm³/mol. The molecule has 0 aromatic heterocycles. The van der Waals surface area contributed by atoms with Crippen LogP contribution in [0.15, 0.2) is 146 Å². The molecule has 0 aliphatic rings. The second kappa shape index (κ2) is 41.4. The van der Waals surface area contributed by atoms with Gasteiger partial charge in [-0.15, -0.1) is 0 Å². The maximum absolute atomic E-state index is 15.2. The quantitative estimate of drug-likeness (QED) is 0.0251. The van der Waals surface area contributed by atoms with Crippen molar-refractivity contribution in [2.24, 2.45) is 22.9 Å². The molecule has 0 saturated heterocycles. The summed E-state index contributed by atoms with van der Waals surface area (Å²) in [5.41, 5.74) is 25.3. The number of nitrogens with two attached hydrogens (primary N) is 4.